The molecule has 6 heteroatoms. The maximum atomic E-state index is 12.8. The second-order valence-electron chi connectivity index (χ2n) is 5.40. The van der Waals surface area contributed by atoms with Gasteiger partial charge in [0.05, 0.1) is 0 Å². The molecule has 2 aromatic rings. The molecule has 3 rings (SSSR count). The van der Waals surface area contributed by atoms with Gasteiger partial charge < -0.3 is 20.1 Å². The van der Waals surface area contributed by atoms with E-state index in [1.54, 1.807) is 11.0 Å². The highest BCUT2D eigenvalue weighted by Gasteiger charge is 2.30. The first-order chi connectivity index (χ1) is 11.3. The predicted octanol–water partition coefficient (Wildman–Crippen LogP) is 2.24. The molecule has 2 aromatic carbocycles. The molecule has 1 aliphatic rings. The minimum absolute atomic E-state index is 0. The second-order valence-corrected chi connectivity index (χ2v) is 5.40. The quantitative estimate of drug-likeness (QED) is 0.900. The van der Waals surface area contributed by atoms with E-state index in [-0.39, 0.29) is 24.9 Å². The highest BCUT2D eigenvalue weighted by Crippen LogP contribution is 2.31. The first-order valence-corrected chi connectivity index (χ1v) is 7.69. The van der Waals surface area contributed by atoms with Crippen molar-refractivity contribution in [1.82, 2.24) is 4.90 Å². The molecule has 128 valence electrons. The molecule has 1 unspecified atom stereocenters. The Balaban J connectivity index is 0.00000208. The Morgan fingerprint density at radius 3 is 2.46 bits per heavy atom. The Kier molecular flexibility index (Phi) is 6.46. The predicted molar refractivity (Wildman–Crippen MR) is 94.5 cm³/mol. The van der Waals surface area contributed by atoms with Gasteiger partial charge in [-0.1, -0.05) is 42.5 Å². The van der Waals surface area contributed by atoms with Crippen molar-refractivity contribution in [3.05, 3.63) is 60.2 Å². The molecule has 1 atom stereocenters. The molecule has 1 aliphatic heterocycles. The zero-order chi connectivity index (χ0) is 16.1. The standard InChI is InChI=1S/C18H20N2O3.ClH/c19-10-11-20(12-14-6-2-1-3-7-14)18(21)17-13-22-15-8-4-5-9-16(15)23-17;/h1-9,17H,10-13,19H2;1H. The summed E-state index contributed by atoms with van der Waals surface area (Å²) in [5.41, 5.74) is 6.72. The molecular formula is C18H21ClN2O3. The number of ether oxygens (including phenoxy) is 2. The third-order valence-corrected chi connectivity index (χ3v) is 3.71. The van der Waals surface area contributed by atoms with Gasteiger partial charge in [0.1, 0.15) is 6.61 Å². The molecule has 24 heavy (non-hydrogen) atoms. The van der Waals surface area contributed by atoms with Crippen LogP contribution in [0.15, 0.2) is 54.6 Å². The Labute approximate surface area is 147 Å². The van der Waals surface area contributed by atoms with Crippen LogP contribution in [0.25, 0.3) is 0 Å². The molecule has 0 aliphatic carbocycles. The summed E-state index contributed by atoms with van der Waals surface area (Å²) in [6.07, 6.45) is -0.639. The van der Waals surface area contributed by atoms with Gasteiger partial charge in [-0.2, -0.15) is 0 Å². The summed E-state index contributed by atoms with van der Waals surface area (Å²) < 4.78 is 11.4. The molecule has 0 radical (unpaired) electrons. The van der Waals surface area contributed by atoms with Gasteiger partial charge in [-0.15, -0.1) is 12.4 Å². The van der Waals surface area contributed by atoms with Crippen molar-refractivity contribution in [1.29, 1.82) is 0 Å². The fraction of sp³-hybridized carbons (Fsp3) is 0.278. The zero-order valence-electron chi connectivity index (χ0n) is 13.3. The molecule has 2 N–H and O–H groups in total. The van der Waals surface area contributed by atoms with Crippen LogP contribution in [-0.2, 0) is 11.3 Å². The van der Waals surface area contributed by atoms with Crippen molar-refractivity contribution in [3.8, 4) is 11.5 Å². The van der Waals surface area contributed by atoms with Crippen molar-refractivity contribution in [3.63, 3.8) is 0 Å². The van der Waals surface area contributed by atoms with Crippen LogP contribution in [0.1, 0.15) is 5.56 Å². The molecule has 0 saturated carbocycles. The number of carbonyl (C=O) groups excluding carboxylic acids is 1. The number of hydrogen-bond donors (Lipinski definition) is 1. The Hall–Kier alpha value is -2.24. The zero-order valence-corrected chi connectivity index (χ0v) is 14.1. The fourth-order valence-electron chi connectivity index (χ4n) is 2.57. The number of fused-ring (bicyclic) bond motifs is 1. The highest BCUT2D eigenvalue weighted by molar-refractivity contribution is 5.85. The smallest absolute Gasteiger partial charge is 0.267 e. The molecule has 1 amide bonds. The summed E-state index contributed by atoms with van der Waals surface area (Å²) in [5.74, 6) is 1.17. The van der Waals surface area contributed by atoms with Gasteiger partial charge in [0, 0.05) is 19.6 Å². The van der Waals surface area contributed by atoms with E-state index in [2.05, 4.69) is 0 Å². The number of halogens is 1. The van der Waals surface area contributed by atoms with E-state index in [1.165, 1.54) is 0 Å². The fourth-order valence-corrected chi connectivity index (χ4v) is 2.57. The molecule has 5 nitrogen and oxygen atoms in total. The van der Waals surface area contributed by atoms with Crippen LogP contribution in [-0.4, -0.2) is 36.6 Å². The van der Waals surface area contributed by atoms with E-state index in [9.17, 15) is 4.79 Å². The van der Waals surface area contributed by atoms with Crippen molar-refractivity contribution in [2.75, 3.05) is 19.7 Å². The highest BCUT2D eigenvalue weighted by atomic mass is 35.5. The number of nitrogens with zero attached hydrogens (tertiary/aromatic N) is 1. The number of carbonyl (C=O) groups is 1. The number of rotatable bonds is 5. The van der Waals surface area contributed by atoms with Crippen LogP contribution >= 0.6 is 12.4 Å². The van der Waals surface area contributed by atoms with Gasteiger partial charge in [-0.05, 0) is 17.7 Å². The Morgan fingerprint density at radius 1 is 1.08 bits per heavy atom. The van der Waals surface area contributed by atoms with Gasteiger partial charge in [-0.3, -0.25) is 4.79 Å². The Bertz CT molecular complexity index is 666. The molecule has 0 saturated heterocycles. The van der Waals surface area contributed by atoms with E-state index in [1.807, 2.05) is 48.5 Å². The summed E-state index contributed by atoms with van der Waals surface area (Å²) >= 11 is 0. The monoisotopic (exact) mass is 348 g/mol. The topological polar surface area (TPSA) is 64.8 Å². The van der Waals surface area contributed by atoms with Crippen molar-refractivity contribution in [2.45, 2.75) is 12.6 Å². The summed E-state index contributed by atoms with van der Waals surface area (Å²) in [6, 6.07) is 17.2. The van der Waals surface area contributed by atoms with Gasteiger partial charge >= 0.3 is 0 Å². The molecule has 0 bridgehead atoms. The minimum Gasteiger partial charge on any atom is -0.485 e. The number of benzene rings is 2. The van der Waals surface area contributed by atoms with Crippen LogP contribution in [0.2, 0.25) is 0 Å². The first-order valence-electron chi connectivity index (χ1n) is 7.69. The van der Waals surface area contributed by atoms with E-state index in [0.29, 0.717) is 31.1 Å². The maximum Gasteiger partial charge on any atom is 0.267 e. The second kappa shape index (κ2) is 8.57. The number of amides is 1. The first kappa shape index (κ1) is 18.1. The molecule has 0 aromatic heterocycles. The average molecular weight is 349 g/mol. The number of para-hydroxylation sites is 2. The lowest BCUT2D eigenvalue weighted by Gasteiger charge is -2.30. The van der Waals surface area contributed by atoms with Crippen molar-refractivity contribution < 1.29 is 14.3 Å². The molecule has 0 spiro atoms. The summed E-state index contributed by atoms with van der Waals surface area (Å²) in [5, 5.41) is 0. The average Bonchev–Trinajstić information content (AvgIpc) is 2.61. The third kappa shape index (κ3) is 4.19. The van der Waals surface area contributed by atoms with Crippen molar-refractivity contribution >= 4 is 18.3 Å². The summed E-state index contributed by atoms with van der Waals surface area (Å²) in [6.45, 7) is 1.61. The van der Waals surface area contributed by atoms with Crippen LogP contribution in [0, 0.1) is 0 Å². The van der Waals surface area contributed by atoms with E-state index < -0.39 is 6.10 Å². The SMILES string of the molecule is Cl.NCCN(Cc1ccccc1)C(=O)C1COc2ccccc2O1. The normalized spacial score (nSPS) is 15.3. The van der Waals surface area contributed by atoms with Crippen LogP contribution in [0.5, 0.6) is 11.5 Å². The Morgan fingerprint density at radius 2 is 1.75 bits per heavy atom. The maximum absolute atomic E-state index is 12.8. The van der Waals surface area contributed by atoms with E-state index in [0.717, 1.165) is 5.56 Å². The minimum atomic E-state index is -0.639. The van der Waals surface area contributed by atoms with Gasteiger partial charge in [-0.25, -0.2) is 0 Å². The largest absolute Gasteiger partial charge is 0.485 e. The van der Waals surface area contributed by atoms with Crippen LogP contribution < -0.4 is 15.2 Å². The van der Waals surface area contributed by atoms with Gasteiger partial charge in [0.15, 0.2) is 11.5 Å². The molecule has 1 heterocycles. The molecule has 0 fully saturated rings. The lowest BCUT2D eigenvalue weighted by molar-refractivity contribution is -0.141. The summed E-state index contributed by atoms with van der Waals surface area (Å²) in [4.78, 5) is 14.5. The van der Waals surface area contributed by atoms with E-state index >= 15 is 0 Å². The number of nitrogens with two attached hydrogens (primary N) is 1. The van der Waals surface area contributed by atoms with Crippen molar-refractivity contribution in [2.24, 2.45) is 5.73 Å². The molecular weight excluding hydrogens is 328 g/mol. The third-order valence-electron chi connectivity index (χ3n) is 3.71. The summed E-state index contributed by atoms with van der Waals surface area (Å²) in [7, 11) is 0. The van der Waals surface area contributed by atoms with Gasteiger partial charge in [0.25, 0.3) is 5.91 Å². The van der Waals surface area contributed by atoms with E-state index in [4.69, 9.17) is 15.2 Å². The lowest BCUT2D eigenvalue weighted by Crippen LogP contribution is -2.47. The van der Waals surface area contributed by atoms with Crippen LogP contribution in [0.3, 0.4) is 0 Å². The lowest BCUT2D eigenvalue weighted by atomic mass is 10.2. The van der Waals surface area contributed by atoms with Gasteiger partial charge in [0.2, 0.25) is 6.10 Å². The van der Waals surface area contributed by atoms with Crippen LogP contribution in [0.4, 0.5) is 0 Å². The number of hydrogen-bond acceptors (Lipinski definition) is 4.